The van der Waals surface area contributed by atoms with Crippen molar-refractivity contribution in [2.75, 3.05) is 26.1 Å². The maximum absolute atomic E-state index is 12.9. The third-order valence-electron chi connectivity index (χ3n) is 5.17. The summed E-state index contributed by atoms with van der Waals surface area (Å²) in [4.78, 5) is 40.3. The van der Waals surface area contributed by atoms with Crippen LogP contribution in [0.25, 0.3) is 0 Å². The van der Waals surface area contributed by atoms with E-state index < -0.39 is 23.1 Å². The third-order valence-corrected chi connectivity index (χ3v) is 5.17. The number of H-pyrrole nitrogens is 1. The molecule has 1 aromatic heterocycles. The van der Waals surface area contributed by atoms with E-state index in [1.807, 2.05) is 6.92 Å². The molecule has 0 saturated heterocycles. The van der Waals surface area contributed by atoms with Crippen molar-refractivity contribution in [2.45, 2.75) is 25.8 Å². The van der Waals surface area contributed by atoms with Crippen LogP contribution in [-0.2, 0) is 16.1 Å². The molecule has 0 aliphatic carbocycles. The molecule has 29 heavy (non-hydrogen) atoms. The first-order valence-corrected chi connectivity index (χ1v) is 9.26. The summed E-state index contributed by atoms with van der Waals surface area (Å²) in [6.07, 6.45) is 0.689. The number of carbonyl (C=O) groups excluding carboxylic acids is 1. The van der Waals surface area contributed by atoms with Gasteiger partial charge in [-0.25, -0.2) is 9.59 Å². The van der Waals surface area contributed by atoms with Gasteiger partial charge in [-0.05, 0) is 12.5 Å². The number of ether oxygens (including phenoxy) is 3. The second-order valence-electron chi connectivity index (χ2n) is 6.78. The highest BCUT2D eigenvalue weighted by atomic mass is 16.5. The second kappa shape index (κ2) is 7.16. The number of aromatic amines is 1. The summed E-state index contributed by atoms with van der Waals surface area (Å²) in [5.41, 5.74) is 0.638. The van der Waals surface area contributed by atoms with Gasteiger partial charge in [0, 0.05) is 12.1 Å². The number of benzene rings is 1. The lowest BCUT2D eigenvalue weighted by Gasteiger charge is -2.29. The molecule has 9 heteroatoms. The van der Waals surface area contributed by atoms with Crippen molar-refractivity contribution in [2.24, 2.45) is 0 Å². The van der Waals surface area contributed by atoms with E-state index in [-0.39, 0.29) is 12.2 Å². The number of carbonyl (C=O) groups is 1. The Morgan fingerprint density at radius 3 is 2.69 bits per heavy atom. The summed E-state index contributed by atoms with van der Waals surface area (Å²) in [6, 6.07) is 5.26. The lowest BCUT2D eigenvalue weighted by atomic mass is 9.82. The van der Waals surface area contributed by atoms with E-state index in [0.717, 1.165) is 0 Å². The minimum Gasteiger partial charge on any atom is -0.493 e. The quantitative estimate of drug-likeness (QED) is 0.730. The largest absolute Gasteiger partial charge is 0.493 e. The van der Waals surface area contributed by atoms with Crippen LogP contribution >= 0.6 is 0 Å². The van der Waals surface area contributed by atoms with Gasteiger partial charge in [0.05, 0.1) is 37.0 Å². The van der Waals surface area contributed by atoms with Gasteiger partial charge in [-0.15, -0.1) is 0 Å². The highest BCUT2D eigenvalue weighted by Gasteiger charge is 2.42. The van der Waals surface area contributed by atoms with Crippen LogP contribution < -0.4 is 26.0 Å². The number of anilines is 1. The third kappa shape index (κ3) is 2.81. The van der Waals surface area contributed by atoms with Crippen LogP contribution in [0.1, 0.15) is 30.4 Å². The number of fused-ring (bicyclic) bond motifs is 1. The van der Waals surface area contributed by atoms with Gasteiger partial charge in [-0.2, -0.15) is 0 Å². The van der Waals surface area contributed by atoms with Crippen LogP contribution in [0.2, 0.25) is 0 Å². The van der Waals surface area contributed by atoms with Crippen LogP contribution in [-0.4, -0.2) is 36.3 Å². The van der Waals surface area contributed by atoms with Crippen molar-refractivity contribution in [1.29, 1.82) is 0 Å². The number of hydrogen-bond donors (Lipinski definition) is 2. The van der Waals surface area contributed by atoms with E-state index in [1.54, 1.807) is 18.2 Å². The summed E-state index contributed by atoms with van der Waals surface area (Å²) in [7, 11) is 3.01. The molecule has 9 nitrogen and oxygen atoms in total. The molecule has 4 rings (SSSR count). The van der Waals surface area contributed by atoms with E-state index in [4.69, 9.17) is 14.2 Å². The van der Waals surface area contributed by atoms with Crippen LogP contribution in [0.3, 0.4) is 0 Å². The van der Waals surface area contributed by atoms with Gasteiger partial charge in [0.15, 0.2) is 11.5 Å². The molecule has 152 valence electrons. The Kier molecular flexibility index (Phi) is 4.65. The van der Waals surface area contributed by atoms with Gasteiger partial charge in [0.2, 0.25) is 0 Å². The minimum absolute atomic E-state index is 0.0451. The number of methoxy groups -OCH3 is 2. The maximum Gasteiger partial charge on any atom is 0.337 e. The molecule has 2 aliphatic heterocycles. The Labute approximate surface area is 165 Å². The summed E-state index contributed by atoms with van der Waals surface area (Å²) < 4.78 is 17.7. The van der Waals surface area contributed by atoms with Crippen molar-refractivity contribution >= 4 is 11.8 Å². The van der Waals surface area contributed by atoms with Gasteiger partial charge >= 0.3 is 11.7 Å². The number of nitrogens with zero attached hydrogens (tertiary/aromatic N) is 1. The lowest BCUT2D eigenvalue weighted by molar-refractivity contribution is -0.136. The molecule has 1 unspecified atom stereocenters. The second-order valence-corrected chi connectivity index (χ2v) is 6.78. The molecule has 0 amide bonds. The number of hydrogen-bond acceptors (Lipinski definition) is 7. The molecule has 2 N–H and O–H groups in total. The van der Waals surface area contributed by atoms with Gasteiger partial charge < -0.3 is 19.5 Å². The predicted molar refractivity (Wildman–Crippen MR) is 105 cm³/mol. The molecule has 0 saturated carbocycles. The first-order valence-electron chi connectivity index (χ1n) is 9.26. The zero-order valence-corrected chi connectivity index (χ0v) is 16.3. The Balaban J connectivity index is 2.07. The summed E-state index contributed by atoms with van der Waals surface area (Å²) >= 11 is 0. The number of cyclic esters (lactones) is 1. The molecule has 0 radical (unpaired) electrons. The molecule has 3 heterocycles. The topological polar surface area (TPSA) is 112 Å². The minimum atomic E-state index is -0.770. The molecular formula is C20H21N3O6. The van der Waals surface area contributed by atoms with Crippen LogP contribution in [0.5, 0.6) is 11.5 Å². The Morgan fingerprint density at radius 1 is 1.21 bits per heavy atom. The molecular weight excluding hydrogens is 378 g/mol. The number of aromatic nitrogens is 2. The van der Waals surface area contributed by atoms with Crippen molar-refractivity contribution in [1.82, 2.24) is 9.55 Å². The van der Waals surface area contributed by atoms with Gasteiger partial charge in [-0.1, -0.05) is 19.1 Å². The van der Waals surface area contributed by atoms with Crippen LogP contribution in [0.15, 0.2) is 39.1 Å². The van der Waals surface area contributed by atoms with E-state index in [1.165, 1.54) is 18.8 Å². The first-order chi connectivity index (χ1) is 14.0. The summed E-state index contributed by atoms with van der Waals surface area (Å²) in [6.45, 7) is 2.38. The molecule has 2 aromatic rings. The van der Waals surface area contributed by atoms with E-state index in [9.17, 15) is 14.4 Å². The number of para-hydroxylation sites is 1. The van der Waals surface area contributed by atoms with Crippen molar-refractivity contribution in [3.05, 3.63) is 61.4 Å². The molecule has 0 spiro atoms. The Hall–Kier alpha value is -3.49. The highest BCUT2D eigenvalue weighted by molar-refractivity contribution is 5.97. The standard InChI is InChI=1S/C20H21N3O6/c1-4-8-23-17-15(18(24)22-20(23)26)13(14-11(21-17)9-29-19(14)25)10-6-5-7-12(27-2)16(10)28-3/h5-7,13,21H,4,8-9H2,1-3H3,(H,22,24,26). The van der Waals surface area contributed by atoms with Crippen LogP contribution in [0, 0.1) is 0 Å². The number of nitrogens with one attached hydrogen (secondary N) is 2. The summed E-state index contributed by atoms with van der Waals surface area (Å²) in [5.74, 6) is -0.0362. The van der Waals surface area contributed by atoms with Gasteiger partial charge in [0.1, 0.15) is 12.4 Å². The van der Waals surface area contributed by atoms with E-state index in [0.29, 0.717) is 47.1 Å². The monoisotopic (exact) mass is 399 g/mol. The molecule has 1 aromatic carbocycles. The fraction of sp³-hybridized carbons (Fsp3) is 0.350. The maximum atomic E-state index is 12.9. The average Bonchev–Trinajstić information content (AvgIpc) is 3.09. The predicted octanol–water partition coefficient (Wildman–Crippen LogP) is 1.33. The Morgan fingerprint density at radius 2 is 2.00 bits per heavy atom. The molecule has 2 aliphatic rings. The zero-order chi connectivity index (χ0) is 20.7. The molecule has 0 bridgehead atoms. The smallest absolute Gasteiger partial charge is 0.337 e. The molecule has 1 atom stereocenters. The van der Waals surface area contributed by atoms with Gasteiger partial charge in [-0.3, -0.25) is 14.3 Å². The first kappa shape index (κ1) is 18.9. The lowest BCUT2D eigenvalue weighted by Crippen LogP contribution is -2.38. The van der Waals surface area contributed by atoms with Crippen LogP contribution in [0.4, 0.5) is 5.82 Å². The summed E-state index contributed by atoms with van der Waals surface area (Å²) in [5, 5.41) is 3.09. The van der Waals surface area contributed by atoms with Crippen molar-refractivity contribution < 1.29 is 19.0 Å². The zero-order valence-electron chi connectivity index (χ0n) is 16.3. The molecule has 0 fully saturated rings. The normalized spacial score (nSPS) is 17.3. The SMILES string of the molecule is CCCn1c2c(c(=O)[nH]c1=O)C(c1cccc(OC)c1OC)C1=C(COC1=O)N2. The van der Waals surface area contributed by atoms with Crippen molar-refractivity contribution in [3.63, 3.8) is 0 Å². The van der Waals surface area contributed by atoms with E-state index in [2.05, 4.69) is 10.3 Å². The fourth-order valence-corrected chi connectivity index (χ4v) is 3.98. The Bertz CT molecular complexity index is 1140. The van der Waals surface area contributed by atoms with Crippen molar-refractivity contribution in [3.8, 4) is 11.5 Å². The van der Waals surface area contributed by atoms with E-state index >= 15 is 0 Å². The van der Waals surface area contributed by atoms with Gasteiger partial charge in [0.25, 0.3) is 5.56 Å². The fourth-order valence-electron chi connectivity index (χ4n) is 3.98. The highest BCUT2D eigenvalue weighted by Crippen LogP contribution is 2.47. The average molecular weight is 399 g/mol. The number of rotatable bonds is 5. The number of esters is 1.